The van der Waals surface area contributed by atoms with E-state index < -0.39 is 0 Å². The van der Waals surface area contributed by atoms with Crippen LogP contribution in [0.1, 0.15) is 46.1 Å². The van der Waals surface area contributed by atoms with Gasteiger partial charge in [-0.05, 0) is 79.2 Å². The number of nitrogens with zero attached hydrogens (tertiary/aromatic N) is 5. The van der Waals surface area contributed by atoms with Gasteiger partial charge in [-0.25, -0.2) is 14.4 Å². The monoisotopic (exact) mass is 590 g/mol. The van der Waals surface area contributed by atoms with Crippen molar-refractivity contribution in [2.24, 2.45) is 28.2 Å². The Hall–Kier alpha value is -3.50. The number of rotatable bonds is 6. The third-order valence-electron chi connectivity index (χ3n) is 10.5. The summed E-state index contributed by atoms with van der Waals surface area (Å²) < 4.78 is 21.0. The van der Waals surface area contributed by atoms with Gasteiger partial charge >= 0.3 is 0 Å². The Morgan fingerprint density at radius 2 is 2.00 bits per heavy atom. The van der Waals surface area contributed by atoms with E-state index in [1.807, 2.05) is 19.1 Å². The molecule has 4 aliphatic rings. The van der Waals surface area contributed by atoms with Crippen LogP contribution in [0.2, 0.25) is 0 Å². The maximum Gasteiger partial charge on any atom is 0.261 e. The number of hydroxylamine groups is 2. The van der Waals surface area contributed by atoms with Crippen molar-refractivity contribution in [1.82, 2.24) is 19.5 Å². The first-order valence-electron chi connectivity index (χ1n) is 15.4. The number of methoxy groups -OCH3 is 1. The van der Waals surface area contributed by atoms with E-state index in [0.717, 1.165) is 18.1 Å². The Labute approximate surface area is 252 Å². The Balaban J connectivity index is 1.23. The van der Waals surface area contributed by atoms with Gasteiger partial charge in [0.1, 0.15) is 11.6 Å². The normalized spacial score (nSPS) is 27.2. The third-order valence-corrected chi connectivity index (χ3v) is 10.5. The first-order valence-corrected chi connectivity index (χ1v) is 15.4. The molecule has 1 saturated heterocycles. The summed E-state index contributed by atoms with van der Waals surface area (Å²) in [5.41, 5.74) is 2.14. The third kappa shape index (κ3) is 5.62. The minimum absolute atomic E-state index is 0.0139. The van der Waals surface area contributed by atoms with Crippen LogP contribution >= 0.6 is 0 Å². The van der Waals surface area contributed by atoms with Crippen LogP contribution in [0.4, 0.5) is 10.1 Å². The topological polar surface area (TPSA) is 95.2 Å². The molecule has 7 rings (SSSR count). The number of hydrogen-bond acceptors (Lipinski definition) is 6. The molecule has 0 amide bonds. The van der Waals surface area contributed by atoms with Gasteiger partial charge in [0.05, 0.1) is 30.4 Å². The predicted molar refractivity (Wildman–Crippen MR) is 166 cm³/mol. The van der Waals surface area contributed by atoms with E-state index in [1.54, 1.807) is 18.2 Å². The van der Waals surface area contributed by atoms with Gasteiger partial charge in [-0.2, -0.15) is 5.06 Å². The van der Waals surface area contributed by atoms with E-state index in [2.05, 4.69) is 36.0 Å². The van der Waals surface area contributed by atoms with Crippen molar-refractivity contribution in [3.63, 3.8) is 0 Å². The SMILES string of the molecule is COc1ccc(CCn2cnc3cc(NC(=NC4CC5CC(C4C)C5(C)C)N4CCN(O)C(C)C4)ccc3c2=O)c(F)c1. The minimum atomic E-state index is -0.354. The number of hydrogen-bond donors (Lipinski definition) is 2. The zero-order valence-electron chi connectivity index (χ0n) is 25.8. The summed E-state index contributed by atoms with van der Waals surface area (Å²) in [6.07, 6.45) is 4.28. The molecule has 3 aromatic rings. The van der Waals surface area contributed by atoms with Gasteiger partial charge in [-0.15, -0.1) is 0 Å². The molecule has 4 fully saturated rings. The maximum atomic E-state index is 14.4. The van der Waals surface area contributed by atoms with Gasteiger partial charge in [0, 0.05) is 44.0 Å². The van der Waals surface area contributed by atoms with Crippen LogP contribution in [0.15, 0.2) is 52.5 Å². The fourth-order valence-electron chi connectivity index (χ4n) is 7.41. The highest BCUT2D eigenvalue weighted by Gasteiger charge is 2.56. The number of fused-ring (bicyclic) bond motifs is 3. The standard InChI is InChI=1S/C33H43FN6O3/c1-20-18-38(12-13-40(20)42)32(37-29-15-23-14-27(21(29)2)33(23,3)4)36-24-7-9-26-30(16-24)35-19-39(31(26)41)11-10-22-6-8-25(43-5)17-28(22)34/h6-9,16-17,19-21,23,27,29,42H,10-15,18H2,1-5H3,(H,36,37). The number of aromatic nitrogens is 2. The lowest BCUT2D eigenvalue weighted by molar-refractivity contribution is -0.142. The van der Waals surface area contributed by atoms with Crippen molar-refractivity contribution < 1.29 is 14.3 Å². The first-order chi connectivity index (χ1) is 20.5. The summed E-state index contributed by atoms with van der Waals surface area (Å²) in [7, 11) is 1.50. The molecular formula is C33H43FN6O3. The second-order valence-corrected chi connectivity index (χ2v) is 13.2. The summed E-state index contributed by atoms with van der Waals surface area (Å²) in [6.45, 7) is 11.3. The smallest absolute Gasteiger partial charge is 0.261 e. The fraction of sp³-hybridized carbons (Fsp3) is 0.545. The van der Waals surface area contributed by atoms with Crippen LogP contribution in [-0.4, -0.2) is 69.5 Å². The van der Waals surface area contributed by atoms with Crippen molar-refractivity contribution in [2.75, 3.05) is 32.1 Å². The second-order valence-electron chi connectivity index (χ2n) is 13.2. The molecule has 2 bridgehead atoms. The summed E-state index contributed by atoms with van der Waals surface area (Å²) in [5, 5.41) is 15.7. The highest BCUT2D eigenvalue weighted by Crippen LogP contribution is 2.61. The molecule has 230 valence electrons. The number of piperazine rings is 1. The average molecular weight is 591 g/mol. The van der Waals surface area contributed by atoms with Crippen LogP contribution in [-0.2, 0) is 13.0 Å². The molecule has 3 aliphatic carbocycles. The molecule has 0 spiro atoms. The van der Waals surface area contributed by atoms with E-state index in [4.69, 9.17) is 9.73 Å². The quantitative estimate of drug-likeness (QED) is 0.308. The van der Waals surface area contributed by atoms with E-state index in [-0.39, 0.29) is 23.5 Å². The highest BCUT2D eigenvalue weighted by atomic mass is 19.1. The van der Waals surface area contributed by atoms with Gasteiger partial charge in [-0.1, -0.05) is 26.8 Å². The number of nitrogens with one attached hydrogen (secondary N) is 1. The molecule has 9 nitrogen and oxygen atoms in total. The highest BCUT2D eigenvalue weighted by molar-refractivity contribution is 5.96. The molecule has 10 heteroatoms. The molecule has 0 radical (unpaired) electrons. The van der Waals surface area contributed by atoms with Gasteiger partial charge < -0.3 is 20.2 Å². The van der Waals surface area contributed by atoms with E-state index >= 15 is 0 Å². The number of halogens is 1. The summed E-state index contributed by atoms with van der Waals surface area (Å²) >= 11 is 0. The van der Waals surface area contributed by atoms with Crippen LogP contribution in [0.25, 0.3) is 10.9 Å². The molecule has 43 heavy (non-hydrogen) atoms. The van der Waals surface area contributed by atoms with E-state index in [0.29, 0.717) is 78.0 Å². The zero-order chi connectivity index (χ0) is 30.5. The summed E-state index contributed by atoms with van der Waals surface area (Å²) in [4.78, 5) is 25.4. The summed E-state index contributed by atoms with van der Waals surface area (Å²) in [6, 6.07) is 10.6. The number of aliphatic imine (C=N–C) groups is 1. The Bertz CT molecular complexity index is 1590. The number of benzene rings is 2. The predicted octanol–water partition coefficient (Wildman–Crippen LogP) is 5.02. The fourth-order valence-corrected chi connectivity index (χ4v) is 7.41. The Kier molecular flexibility index (Phi) is 7.93. The lowest BCUT2D eigenvalue weighted by Crippen LogP contribution is -2.57. The van der Waals surface area contributed by atoms with Crippen molar-refractivity contribution >= 4 is 22.5 Å². The molecule has 2 heterocycles. The zero-order valence-corrected chi connectivity index (χ0v) is 25.8. The largest absolute Gasteiger partial charge is 0.497 e. The van der Waals surface area contributed by atoms with E-state index in [1.165, 1.54) is 35.6 Å². The van der Waals surface area contributed by atoms with E-state index in [9.17, 15) is 14.4 Å². The molecule has 5 atom stereocenters. The van der Waals surface area contributed by atoms with Crippen LogP contribution in [0.3, 0.4) is 0 Å². The maximum absolute atomic E-state index is 14.4. The number of guanidine groups is 1. The molecule has 1 aliphatic heterocycles. The molecular weight excluding hydrogens is 547 g/mol. The molecule has 5 unspecified atom stereocenters. The van der Waals surface area contributed by atoms with Crippen molar-refractivity contribution in [1.29, 1.82) is 0 Å². The summed E-state index contributed by atoms with van der Waals surface area (Å²) in [5.74, 6) is 2.80. The Morgan fingerprint density at radius 3 is 2.70 bits per heavy atom. The number of ether oxygens (including phenoxy) is 1. The van der Waals surface area contributed by atoms with Gasteiger partial charge in [0.25, 0.3) is 5.56 Å². The van der Waals surface area contributed by atoms with Crippen LogP contribution < -0.4 is 15.6 Å². The molecule has 1 aromatic heterocycles. The first kappa shape index (κ1) is 29.6. The van der Waals surface area contributed by atoms with Gasteiger partial charge in [-0.3, -0.25) is 9.36 Å². The van der Waals surface area contributed by atoms with Gasteiger partial charge in [0.2, 0.25) is 0 Å². The lowest BCUT2D eigenvalue weighted by atomic mass is 9.45. The minimum Gasteiger partial charge on any atom is -0.497 e. The van der Waals surface area contributed by atoms with Crippen LogP contribution in [0, 0.1) is 29.0 Å². The van der Waals surface area contributed by atoms with Crippen molar-refractivity contribution in [3.05, 3.63) is 64.5 Å². The molecule has 3 saturated carbocycles. The number of aryl methyl sites for hydroxylation is 2. The molecule has 2 N–H and O–H groups in total. The Morgan fingerprint density at radius 1 is 1.19 bits per heavy atom. The number of anilines is 1. The van der Waals surface area contributed by atoms with Gasteiger partial charge in [0.15, 0.2) is 5.96 Å². The average Bonchev–Trinajstić information content (AvgIpc) is 2.99. The molecule has 2 aromatic carbocycles. The van der Waals surface area contributed by atoms with Crippen LogP contribution in [0.5, 0.6) is 5.75 Å². The van der Waals surface area contributed by atoms with Crippen molar-refractivity contribution in [2.45, 2.75) is 65.6 Å². The second kappa shape index (κ2) is 11.5. The lowest BCUT2D eigenvalue weighted by Gasteiger charge is -2.61. The van der Waals surface area contributed by atoms with Crippen molar-refractivity contribution in [3.8, 4) is 5.75 Å².